The van der Waals surface area contributed by atoms with Crippen molar-refractivity contribution >= 4 is 17.6 Å². The van der Waals surface area contributed by atoms with Crippen LogP contribution in [0.3, 0.4) is 0 Å². The summed E-state index contributed by atoms with van der Waals surface area (Å²) < 4.78 is 13.3. The summed E-state index contributed by atoms with van der Waals surface area (Å²) in [5.41, 5.74) is 7.01. The third kappa shape index (κ3) is 3.46. The van der Waals surface area contributed by atoms with Gasteiger partial charge in [-0.05, 0) is 30.7 Å². The number of rotatable bonds is 5. The fourth-order valence-corrected chi connectivity index (χ4v) is 3.12. The molecule has 1 amide bonds. The molecule has 1 aliphatic heterocycles. The van der Waals surface area contributed by atoms with Crippen LogP contribution >= 0.6 is 0 Å². The molecule has 0 saturated heterocycles. The Bertz CT molecular complexity index is 1030. The van der Waals surface area contributed by atoms with Gasteiger partial charge < -0.3 is 15.9 Å². The number of nitrogens with zero attached hydrogens (tertiary/aromatic N) is 4. The Morgan fingerprint density at radius 3 is 2.96 bits per heavy atom. The number of benzene rings is 1. The highest BCUT2D eigenvalue weighted by Gasteiger charge is 2.40. The topological polar surface area (TPSA) is 115 Å². The molecule has 0 spiro atoms. The highest BCUT2D eigenvalue weighted by molar-refractivity contribution is 6.04. The smallest absolute Gasteiger partial charge is 0.248 e. The summed E-state index contributed by atoms with van der Waals surface area (Å²) >= 11 is 0. The molecular weight excluding hydrogens is 363 g/mol. The predicted molar refractivity (Wildman–Crippen MR) is 99.6 cm³/mol. The number of fused-ring (bicyclic) bond motifs is 1. The van der Waals surface area contributed by atoms with Gasteiger partial charge in [0.05, 0.1) is 11.5 Å². The second-order valence-corrected chi connectivity index (χ2v) is 6.41. The minimum Gasteiger partial charge on any atom is -0.386 e. The van der Waals surface area contributed by atoms with Crippen LogP contribution < -0.4 is 11.1 Å². The molecule has 4 rings (SSSR count). The SMILES string of the molecule is Cc1nc(NCc2cccc(F)c2)nc(C2=NOC3C(C(N)=O)=CC=CC23)n1. The molecule has 142 valence electrons. The van der Waals surface area contributed by atoms with Gasteiger partial charge in [-0.2, -0.15) is 9.97 Å². The largest absolute Gasteiger partial charge is 0.386 e. The van der Waals surface area contributed by atoms with Gasteiger partial charge in [0.1, 0.15) is 17.4 Å². The lowest BCUT2D eigenvalue weighted by Crippen LogP contribution is -2.33. The number of aryl methyl sites for hydroxylation is 1. The zero-order valence-corrected chi connectivity index (χ0v) is 15.0. The van der Waals surface area contributed by atoms with Gasteiger partial charge in [-0.25, -0.2) is 9.37 Å². The Kier molecular flexibility index (Phi) is 4.56. The Labute approximate surface area is 160 Å². The highest BCUT2D eigenvalue weighted by Crippen LogP contribution is 2.31. The average Bonchev–Trinajstić information content (AvgIpc) is 3.10. The van der Waals surface area contributed by atoms with E-state index in [2.05, 4.69) is 25.4 Å². The maximum atomic E-state index is 13.3. The summed E-state index contributed by atoms with van der Waals surface area (Å²) in [6.45, 7) is 2.09. The van der Waals surface area contributed by atoms with Gasteiger partial charge in [0.25, 0.3) is 0 Å². The Morgan fingerprint density at radius 1 is 1.32 bits per heavy atom. The summed E-state index contributed by atoms with van der Waals surface area (Å²) in [5.74, 6) is -0.00742. The predicted octanol–water partition coefficient (Wildman–Crippen LogP) is 1.63. The first-order valence-electron chi connectivity index (χ1n) is 8.64. The molecule has 8 nitrogen and oxygen atoms in total. The van der Waals surface area contributed by atoms with E-state index in [9.17, 15) is 9.18 Å². The fourth-order valence-electron chi connectivity index (χ4n) is 3.12. The lowest BCUT2D eigenvalue weighted by Gasteiger charge is -2.19. The number of hydrogen-bond acceptors (Lipinski definition) is 7. The molecule has 0 radical (unpaired) electrons. The maximum absolute atomic E-state index is 13.3. The van der Waals surface area contributed by atoms with E-state index in [4.69, 9.17) is 10.6 Å². The van der Waals surface area contributed by atoms with Crippen molar-refractivity contribution in [2.45, 2.75) is 19.6 Å². The summed E-state index contributed by atoms with van der Waals surface area (Å²) in [6, 6.07) is 6.26. The molecule has 0 saturated carbocycles. The first kappa shape index (κ1) is 17.8. The van der Waals surface area contributed by atoms with Crippen LogP contribution in [0.25, 0.3) is 0 Å². The molecule has 2 aliphatic rings. The number of aromatic nitrogens is 3. The van der Waals surface area contributed by atoms with E-state index in [0.717, 1.165) is 5.56 Å². The Balaban J connectivity index is 1.55. The fraction of sp³-hybridized carbons (Fsp3) is 0.211. The minimum atomic E-state index is -0.585. The van der Waals surface area contributed by atoms with Crippen molar-refractivity contribution in [1.82, 2.24) is 15.0 Å². The number of carbonyl (C=O) groups excluding carboxylic acids is 1. The number of amides is 1. The molecule has 1 aliphatic carbocycles. The highest BCUT2D eigenvalue weighted by atomic mass is 19.1. The van der Waals surface area contributed by atoms with E-state index >= 15 is 0 Å². The van der Waals surface area contributed by atoms with Gasteiger partial charge in [-0.1, -0.05) is 29.4 Å². The lowest BCUT2D eigenvalue weighted by molar-refractivity contribution is -0.116. The number of anilines is 1. The van der Waals surface area contributed by atoms with Crippen molar-refractivity contribution < 1.29 is 14.0 Å². The molecule has 2 heterocycles. The van der Waals surface area contributed by atoms with Gasteiger partial charge in [0.2, 0.25) is 11.9 Å². The molecule has 3 N–H and O–H groups in total. The quantitative estimate of drug-likeness (QED) is 0.815. The number of nitrogens with two attached hydrogens (primary N) is 1. The van der Waals surface area contributed by atoms with Crippen LogP contribution in [-0.2, 0) is 16.2 Å². The van der Waals surface area contributed by atoms with Crippen molar-refractivity contribution in [3.05, 3.63) is 71.1 Å². The summed E-state index contributed by atoms with van der Waals surface area (Å²) in [7, 11) is 0. The number of oxime groups is 1. The third-order valence-electron chi connectivity index (χ3n) is 4.41. The molecule has 28 heavy (non-hydrogen) atoms. The van der Waals surface area contributed by atoms with Gasteiger partial charge in [0.15, 0.2) is 11.9 Å². The summed E-state index contributed by atoms with van der Waals surface area (Å²) in [6.07, 6.45) is 4.63. The minimum absolute atomic E-state index is 0.308. The Morgan fingerprint density at radius 2 is 2.18 bits per heavy atom. The van der Waals surface area contributed by atoms with Crippen molar-refractivity contribution in [3.8, 4) is 0 Å². The number of hydrogen-bond donors (Lipinski definition) is 2. The van der Waals surface area contributed by atoms with Crippen LogP contribution in [0.2, 0.25) is 0 Å². The van der Waals surface area contributed by atoms with Crippen molar-refractivity contribution in [3.63, 3.8) is 0 Å². The van der Waals surface area contributed by atoms with Gasteiger partial charge in [-0.3, -0.25) is 4.79 Å². The van der Waals surface area contributed by atoms with Crippen LogP contribution in [0, 0.1) is 18.7 Å². The van der Waals surface area contributed by atoms with Gasteiger partial charge in [-0.15, -0.1) is 0 Å². The van der Waals surface area contributed by atoms with Crippen molar-refractivity contribution in [2.24, 2.45) is 16.8 Å². The number of carbonyl (C=O) groups is 1. The van der Waals surface area contributed by atoms with Crippen molar-refractivity contribution in [2.75, 3.05) is 5.32 Å². The van der Waals surface area contributed by atoms with Crippen LogP contribution in [0.5, 0.6) is 0 Å². The van der Waals surface area contributed by atoms with Crippen LogP contribution in [0.15, 0.2) is 53.2 Å². The normalized spacial score (nSPS) is 20.1. The first-order valence-corrected chi connectivity index (χ1v) is 8.64. The molecule has 0 fully saturated rings. The number of halogens is 1. The summed E-state index contributed by atoms with van der Waals surface area (Å²) in [5, 5.41) is 7.15. The van der Waals surface area contributed by atoms with E-state index in [0.29, 0.717) is 35.4 Å². The van der Waals surface area contributed by atoms with Crippen molar-refractivity contribution in [1.29, 1.82) is 0 Å². The van der Waals surface area contributed by atoms with Gasteiger partial charge >= 0.3 is 0 Å². The molecule has 9 heteroatoms. The van der Waals surface area contributed by atoms with E-state index in [1.54, 1.807) is 31.2 Å². The lowest BCUT2D eigenvalue weighted by atomic mass is 9.87. The average molecular weight is 380 g/mol. The molecule has 2 atom stereocenters. The monoisotopic (exact) mass is 380 g/mol. The number of nitrogens with one attached hydrogen (secondary N) is 1. The molecule has 1 aromatic heterocycles. The van der Waals surface area contributed by atoms with Crippen LogP contribution in [-0.4, -0.2) is 32.7 Å². The number of allylic oxidation sites excluding steroid dienone is 2. The van der Waals surface area contributed by atoms with Crippen LogP contribution in [0.1, 0.15) is 17.2 Å². The third-order valence-corrected chi connectivity index (χ3v) is 4.41. The molecule has 1 aromatic carbocycles. The summed E-state index contributed by atoms with van der Waals surface area (Å²) in [4.78, 5) is 30.0. The van der Waals surface area contributed by atoms with E-state index < -0.39 is 12.0 Å². The van der Waals surface area contributed by atoms with Gasteiger partial charge in [0, 0.05) is 6.54 Å². The van der Waals surface area contributed by atoms with E-state index in [1.807, 2.05) is 6.08 Å². The first-order chi connectivity index (χ1) is 13.5. The number of primary amides is 1. The second kappa shape index (κ2) is 7.18. The zero-order chi connectivity index (χ0) is 19.7. The second-order valence-electron chi connectivity index (χ2n) is 6.41. The maximum Gasteiger partial charge on any atom is 0.248 e. The van der Waals surface area contributed by atoms with E-state index in [-0.39, 0.29) is 11.7 Å². The standard InChI is InChI=1S/C19H17FN6O2/c1-10-23-18(15-13-6-3-7-14(17(21)27)16(13)28-26-15)25-19(24-10)22-9-11-4-2-5-12(20)8-11/h2-8,13,16H,9H2,1H3,(H2,21,27)(H,22,23,24,25). The molecule has 0 bridgehead atoms. The van der Waals surface area contributed by atoms with E-state index in [1.165, 1.54) is 12.1 Å². The molecule has 2 unspecified atom stereocenters. The Hall–Kier alpha value is -3.62. The molecule has 2 aromatic rings. The van der Waals surface area contributed by atoms with Crippen LogP contribution in [0.4, 0.5) is 10.3 Å². The molecular formula is C19H17FN6O2. The zero-order valence-electron chi connectivity index (χ0n) is 15.0.